The Hall–Kier alpha value is -1.06. The standard InChI is InChI=1S/C15H26N2O/c1-11(2)12(3)17(4)10-15(16)13-7-6-8-14(9-13)18-5/h6-9,11-12,15H,10,16H2,1-5H3. The number of nitrogens with zero attached hydrogens (tertiary/aromatic N) is 1. The maximum atomic E-state index is 6.26. The minimum Gasteiger partial charge on any atom is -0.497 e. The highest BCUT2D eigenvalue weighted by Gasteiger charge is 2.16. The van der Waals surface area contributed by atoms with Gasteiger partial charge in [0.25, 0.3) is 0 Å². The van der Waals surface area contributed by atoms with Crippen molar-refractivity contribution < 1.29 is 4.74 Å². The molecule has 0 amide bonds. The highest BCUT2D eigenvalue weighted by Crippen LogP contribution is 2.19. The van der Waals surface area contributed by atoms with Gasteiger partial charge in [-0.2, -0.15) is 0 Å². The normalized spacial score (nSPS) is 14.9. The number of rotatable bonds is 6. The van der Waals surface area contributed by atoms with Crippen molar-refractivity contribution >= 4 is 0 Å². The van der Waals surface area contributed by atoms with E-state index in [9.17, 15) is 0 Å². The monoisotopic (exact) mass is 250 g/mol. The molecule has 3 heteroatoms. The lowest BCUT2D eigenvalue weighted by atomic mass is 10.0. The van der Waals surface area contributed by atoms with Crippen LogP contribution >= 0.6 is 0 Å². The molecule has 0 spiro atoms. The molecule has 0 aliphatic rings. The van der Waals surface area contributed by atoms with Crippen molar-refractivity contribution in [2.45, 2.75) is 32.9 Å². The van der Waals surface area contributed by atoms with E-state index in [1.165, 1.54) is 0 Å². The quantitative estimate of drug-likeness (QED) is 0.843. The van der Waals surface area contributed by atoms with E-state index in [4.69, 9.17) is 10.5 Å². The van der Waals surface area contributed by atoms with Crippen LogP contribution in [0.15, 0.2) is 24.3 Å². The highest BCUT2D eigenvalue weighted by atomic mass is 16.5. The fraction of sp³-hybridized carbons (Fsp3) is 0.600. The van der Waals surface area contributed by atoms with Crippen LogP contribution in [0.2, 0.25) is 0 Å². The molecule has 2 unspecified atom stereocenters. The largest absolute Gasteiger partial charge is 0.497 e. The Morgan fingerprint density at radius 3 is 2.50 bits per heavy atom. The Labute approximate surface area is 111 Å². The molecular weight excluding hydrogens is 224 g/mol. The molecule has 2 N–H and O–H groups in total. The molecule has 0 radical (unpaired) electrons. The minimum atomic E-state index is 0.0197. The van der Waals surface area contributed by atoms with Crippen LogP contribution in [0.1, 0.15) is 32.4 Å². The Morgan fingerprint density at radius 1 is 1.28 bits per heavy atom. The summed E-state index contributed by atoms with van der Waals surface area (Å²) >= 11 is 0. The molecule has 0 bridgehead atoms. The van der Waals surface area contributed by atoms with E-state index in [2.05, 4.69) is 38.8 Å². The molecule has 0 aliphatic carbocycles. The van der Waals surface area contributed by atoms with Crippen LogP contribution in [-0.2, 0) is 0 Å². The van der Waals surface area contributed by atoms with E-state index >= 15 is 0 Å². The smallest absolute Gasteiger partial charge is 0.119 e. The Bertz CT molecular complexity index is 365. The summed E-state index contributed by atoms with van der Waals surface area (Å²) in [5, 5.41) is 0. The molecule has 0 aromatic heterocycles. The highest BCUT2D eigenvalue weighted by molar-refractivity contribution is 5.30. The number of ether oxygens (including phenoxy) is 1. The lowest BCUT2D eigenvalue weighted by Gasteiger charge is -2.30. The third-order valence-electron chi connectivity index (χ3n) is 3.67. The van der Waals surface area contributed by atoms with Crippen LogP contribution in [0.3, 0.4) is 0 Å². The number of benzene rings is 1. The van der Waals surface area contributed by atoms with Crippen molar-refractivity contribution in [2.24, 2.45) is 11.7 Å². The van der Waals surface area contributed by atoms with Crippen LogP contribution in [0.25, 0.3) is 0 Å². The number of likely N-dealkylation sites (N-methyl/N-ethyl adjacent to an activating group) is 1. The zero-order valence-corrected chi connectivity index (χ0v) is 12.2. The molecule has 0 heterocycles. The average molecular weight is 250 g/mol. The van der Waals surface area contributed by atoms with Crippen molar-refractivity contribution in [2.75, 3.05) is 20.7 Å². The maximum absolute atomic E-state index is 6.26. The zero-order valence-electron chi connectivity index (χ0n) is 12.2. The summed E-state index contributed by atoms with van der Waals surface area (Å²) in [6, 6.07) is 8.55. The second kappa shape index (κ2) is 6.76. The van der Waals surface area contributed by atoms with Crippen LogP contribution in [0.5, 0.6) is 5.75 Å². The lowest BCUT2D eigenvalue weighted by molar-refractivity contribution is 0.197. The molecule has 0 aliphatic heterocycles. The molecule has 1 aromatic carbocycles. The van der Waals surface area contributed by atoms with Crippen LogP contribution in [0.4, 0.5) is 0 Å². The van der Waals surface area contributed by atoms with Crippen LogP contribution < -0.4 is 10.5 Å². The topological polar surface area (TPSA) is 38.5 Å². The van der Waals surface area contributed by atoms with Gasteiger partial charge in [-0.1, -0.05) is 26.0 Å². The van der Waals surface area contributed by atoms with Gasteiger partial charge < -0.3 is 15.4 Å². The molecule has 1 rings (SSSR count). The van der Waals surface area contributed by atoms with Gasteiger partial charge in [-0.3, -0.25) is 0 Å². The SMILES string of the molecule is COc1cccc(C(N)CN(C)C(C)C(C)C)c1. The predicted octanol–water partition coefficient (Wildman–Crippen LogP) is 2.67. The van der Waals surface area contributed by atoms with Crippen LogP contribution in [0, 0.1) is 5.92 Å². The van der Waals surface area contributed by atoms with Gasteiger partial charge in [-0.05, 0) is 37.6 Å². The summed E-state index contributed by atoms with van der Waals surface area (Å²) in [5.41, 5.74) is 7.38. The number of hydrogen-bond acceptors (Lipinski definition) is 3. The first-order valence-electron chi connectivity index (χ1n) is 6.55. The second-order valence-corrected chi connectivity index (χ2v) is 5.31. The first-order valence-corrected chi connectivity index (χ1v) is 6.55. The average Bonchev–Trinajstić information content (AvgIpc) is 2.37. The molecule has 18 heavy (non-hydrogen) atoms. The zero-order chi connectivity index (χ0) is 13.7. The fourth-order valence-electron chi connectivity index (χ4n) is 1.96. The van der Waals surface area contributed by atoms with Gasteiger partial charge in [0.05, 0.1) is 7.11 Å². The summed E-state index contributed by atoms with van der Waals surface area (Å²) in [6.07, 6.45) is 0. The Balaban J connectivity index is 2.66. The molecule has 0 saturated carbocycles. The number of nitrogens with two attached hydrogens (primary N) is 1. The second-order valence-electron chi connectivity index (χ2n) is 5.31. The van der Waals surface area contributed by atoms with E-state index in [1.807, 2.05) is 18.2 Å². The van der Waals surface area contributed by atoms with Crippen molar-refractivity contribution in [3.05, 3.63) is 29.8 Å². The number of methoxy groups -OCH3 is 1. The summed E-state index contributed by atoms with van der Waals surface area (Å²) < 4.78 is 5.23. The van der Waals surface area contributed by atoms with Gasteiger partial charge in [0.1, 0.15) is 5.75 Å². The molecule has 1 aromatic rings. The summed E-state index contributed by atoms with van der Waals surface area (Å²) in [6.45, 7) is 7.56. The third-order valence-corrected chi connectivity index (χ3v) is 3.67. The molecule has 102 valence electrons. The van der Waals surface area contributed by atoms with E-state index in [-0.39, 0.29) is 6.04 Å². The molecule has 3 nitrogen and oxygen atoms in total. The van der Waals surface area contributed by atoms with Gasteiger partial charge in [-0.25, -0.2) is 0 Å². The Kier molecular flexibility index (Phi) is 5.63. The van der Waals surface area contributed by atoms with E-state index in [1.54, 1.807) is 7.11 Å². The van der Waals surface area contributed by atoms with Crippen molar-refractivity contribution in [1.82, 2.24) is 4.90 Å². The van der Waals surface area contributed by atoms with E-state index < -0.39 is 0 Å². The van der Waals surface area contributed by atoms with Crippen molar-refractivity contribution in [1.29, 1.82) is 0 Å². The third kappa shape index (κ3) is 4.00. The minimum absolute atomic E-state index is 0.0197. The van der Waals surface area contributed by atoms with Gasteiger partial charge in [-0.15, -0.1) is 0 Å². The molecule has 0 saturated heterocycles. The predicted molar refractivity (Wildman–Crippen MR) is 76.9 cm³/mol. The van der Waals surface area contributed by atoms with Gasteiger partial charge in [0.15, 0.2) is 0 Å². The van der Waals surface area contributed by atoms with E-state index in [0.717, 1.165) is 17.9 Å². The number of hydrogen-bond donors (Lipinski definition) is 1. The summed E-state index contributed by atoms with van der Waals surface area (Å²) in [7, 11) is 3.81. The first kappa shape index (κ1) is 15.0. The first-order chi connectivity index (χ1) is 8.45. The van der Waals surface area contributed by atoms with Crippen LogP contribution in [-0.4, -0.2) is 31.6 Å². The van der Waals surface area contributed by atoms with Gasteiger partial charge in [0.2, 0.25) is 0 Å². The van der Waals surface area contributed by atoms with Crippen molar-refractivity contribution in [3.8, 4) is 5.75 Å². The lowest BCUT2D eigenvalue weighted by Crippen LogP contribution is -2.38. The molecular formula is C15H26N2O. The molecule has 2 atom stereocenters. The van der Waals surface area contributed by atoms with E-state index in [0.29, 0.717) is 12.0 Å². The van der Waals surface area contributed by atoms with Gasteiger partial charge >= 0.3 is 0 Å². The summed E-state index contributed by atoms with van der Waals surface area (Å²) in [5.74, 6) is 1.50. The fourth-order valence-corrected chi connectivity index (χ4v) is 1.96. The van der Waals surface area contributed by atoms with Gasteiger partial charge in [0, 0.05) is 18.6 Å². The Morgan fingerprint density at radius 2 is 1.94 bits per heavy atom. The summed E-state index contributed by atoms with van der Waals surface area (Å²) in [4.78, 5) is 2.31. The van der Waals surface area contributed by atoms with Crippen molar-refractivity contribution in [3.63, 3.8) is 0 Å². The molecule has 0 fully saturated rings. The maximum Gasteiger partial charge on any atom is 0.119 e.